The summed E-state index contributed by atoms with van der Waals surface area (Å²) in [6, 6.07) is 3.21. The van der Waals surface area contributed by atoms with E-state index in [4.69, 9.17) is 11.6 Å². The maximum atomic E-state index is 13.2. The fourth-order valence-corrected chi connectivity index (χ4v) is 2.53. The van der Waals surface area contributed by atoms with Crippen molar-refractivity contribution in [3.05, 3.63) is 32.8 Å². The summed E-state index contributed by atoms with van der Waals surface area (Å²) >= 11 is 10.5. The second kappa shape index (κ2) is 2.98. The molecule has 0 aliphatic rings. The Kier molecular flexibility index (Phi) is 2.10. The monoisotopic (exact) mass is 264 g/mol. The number of benzene rings is 1. The third-order valence-electron chi connectivity index (χ3n) is 1.58. The number of fused-ring (bicyclic) bond motifs is 1. The minimum atomic E-state index is -0.226. The molecule has 0 fully saturated rings. The zero-order valence-corrected chi connectivity index (χ0v) is 8.93. The summed E-state index contributed by atoms with van der Waals surface area (Å²) in [5.74, 6) is -0.226. The minimum absolute atomic E-state index is 0.226. The van der Waals surface area contributed by atoms with Gasteiger partial charge in [0.05, 0.1) is 9.72 Å². The molecule has 0 atom stereocenters. The normalized spacial score (nSPS) is 10.9. The molecule has 0 saturated heterocycles. The molecule has 0 nitrogen and oxygen atoms in total. The van der Waals surface area contributed by atoms with Gasteiger partial charge in [0.1, 0.15) is 5.82 Å². The summed E-state index contributed by atoms with van der Waals surface area (Å²) in [5.41, 5.74) is 0. The number of thiophene rings is 1. The van der Waals surface area contributed by atoms with Gasteiger partial charge in [-0.1, -0.05) is 11.6 Å². The van der Waals surface area contributed by atoms with E-state index in [1.54, 1.807) is 0 Å². The van der Waals surface area contributed by atoms with Gasteiger partial charge in [-0.25, -0.2) is 4.39 Å². The van der Waals surface area contributed by atoms with Crippen molar-refractivity contribution < 1.29 is 4.39 Å². The molecule has 12 heavy (non-hydrogen) atoms. The summed E-state index contributed by atoms with van der Waals surface area (Å²) in [6.07, 6.45) is 0. The summed E-state index contributed by atoms with van der Waals surface area (Å²) in [7, 11) is 0. The Bertz CT molecular complexity index is 438. The van der Waals surface area contributed by atoms with Crippen molar-refractivity contribution in [1.82, 2.24) is 0 Å². The Morgan fingerprint density at radius 1 is 1.50 bits per heavy atom. The summed E-state index contributed by atoms with van der Waals surface area (Å²) in [6.45, 7) is 0. The first-order chi connectivity index (χ1) is 5.70. The molecule has 1 heterocycles. The summed E-state index contributed by atoms with van der Waals surface area (Å²) in [4.78, 5) is 0. The van der Waals surface area contributed by atoms with Gasteiger partial charge in [-0.3, -0.25) is 0 Å². The molecule has 2 rings (SSSR count). The number of halogens is 3. The van der Waals surface area contributed by atoms with Gasteiger partial charge in [0, 0.05) is 9.86 Å². The van der Waals surface area contributed by atoms with Gasteiger partial charge in [-0.15, -0.1) is 11.3 Å². The van der Waals surface area contributed by atoms with E-state index >= 15 is 0 Å². The molecule has 0 aliphatic heterocycles. The van der Waals surface area contributed by atoms with Crippen LogP contribution in [0.25, 0.3) is 10.1 Å². The average Bonchev–Trinajstić information content (AvgIpc) is 2.48. The highest BCUT2D eigenvalue weighted by Crippen LogP contribution is 2.35. The van der Waals surface area contributed by atoms with Crippen LogP contribution in [-0.4, -0.2) is 0 Å². The Hall–Kier alpha value is -0.120. The van der Waals surface area contributed by atoms with Crippen molar-refractivity contribution >= 4 is 49.0 Å². The molecule has 1 aromatic heterocycles. The quantitative estimate of drug-likeness (QED) is 0.617. The van der Waals surface area contributed by atoms with Gasteiger partial charge < -0.3 is 0 Å². The molecular weight excluding hydrogens is 263 g/mol. The maximum absolute atomic E-state index is 13.2. The number of hydrogen-bond acceptors (Lipinski definition) is 1. The Morgan fingerprint density at radius 2 is 2.25 bits per heavy atom. The van der Waals surface area contributed by atoms with E-state index in [1.165, 1.54) is 17.4 Å². The molecule has 0 amide bonds. The highest BCUT2D eigenvalue weighted by molar-refractivity contribution is 9.10. The van der Waals surface area contributed by atoms with Crippen LogP contribution in [0.4, 0.5) is 4.39 Å². The topological polar surface area (TPSA) is 0 Å². The van der Waals surface area contributed by atoms with Crippen molar-refractivity contribution in [3.8, 4) is 0 Å². The third-order valence-corrected chi connectivity index (χ3v) is 3.77. The van der Waals surface area contributed by atoms with Crippen molar-refractivity contribution in [2.24, 2.45) is 0 Å². The maximum Gasteiger partial charge on any atom is 0.142 e. The van der Waals surface area contributed by atoms with Crippen LogP contribution in [0.3, 0.4) is 0 Å². The van der Waals surface area contributed by atoms with E-state index in [-0.39, 0.29) is 5.82 Å². The molecule has 0 bridgehead atoms. The first-order valence-corrected chi connectivity index (χ1v) is 5.26. The van der Waals surface area contributed by atoms with E-state index in [0.29, 0.717) is 14.2 Å². The Labute approximate surface area is 86.1 Å². The lowest BCUT2D eigenvalue weighted by Gasteiger charge is -1.98. The zero-order valence-electron chi connectivity index (χ0n) is 5.77. The Balaban J connectivity index is 2.97. The van der Waals surface area contributed by atoms with Crippen LogP contribution >= 0.6 is 38.9 Å². The minimum Gasteiger partial charge on any atom is -0.205 e. The highest BCUT2D eigenvalue weighted by atomic mass is 79.9. The Morgan fingerprint density at radius 3 is 3.00 bits per heavy atom. The molecule has 62 valence electrons. The highest BCUT2D eigenvalue weighted by Gasteiger charge is 2.09. The SMILES string of the molecule is Fc1cc(Br)c(Cl)c2ccsc12. The molecule has 0 radical (unpaired) electrons. The van der Waals surface area contributed by atoms with E-state index < -0.39 is 0 Å². The molecule has 2 aromatic rings. The van der Waals surface area contributed by atoms with Gasteiger partial charge in [-0.2, -0.15) is 0 Å². The van der Waals surface area contributed by atoms with E-state index in [0.717, 1.165) is 5.39 Å². The summed E-state index contributed by atoms with van der Waals surface area (Å²) in [5, 5.41) is 3.17. The third kappa shape index (κ3) is 1.16. The first kappa shape index (κ1) is 8.48. The number of hydrogen-bond donors (Lipinski definition) is 0. The fourth-order valence-electron chi connectivity index (χ4n) is 1.04. The zero-order chi connectivity index (χ0) is 8.72. The van der Waals surface area contributed by atoms with E-state index in [2.05, 4.69) is 15.9 Å². The van der Waals surface area contributed by atoms with Crippen molar-refractivity contribution in [2.45, 2.75) is 0 Å². The van der Waals surface area contributed by atoms with Crippen LogP contribution in [-0.2, 0) is 0 Å². The van der Waals surface area contributed by atoms with Crippen LogP contribution in [0, 0.1) is 5.82 Å². The molecule has 1 aromatic carbocycles. The largest absolute Gasteiger partial charge is 0.205 e. The van der Waals surface area contributed by atoms with Gasteiger partial charge in [0.2, 0.25) is 0 Å². The lowest BCUT2D eigenvalue weighted by Crippen LogP contribution is -1.76. The van der Waals surface area contributed by atoms with Crippen LogP contribution in [0.2, 0.25) is 5.02 Å². The lowest BCUT2D eigenvalue weighted by molar-refractivity contribution is 0.641. The van der Waals surface area contributed by atoms with Gasteiger partial charge >= 0.3 is 0 Å². The van der Waals surface area contributed by atoms with Gasteiger partial charge in [0.15, 0.2) is 0 Å². The van der Waals surface area contributed by atoms with E-state index in [9.17, 15) is 4.39 Å². The second-order valence-corrected chi connectivity index (χ2v) is 4.47. The van der Waals surface area contributed by atoms with Gasteiger partial charge in [0.25, 0.3) is 0 Å². The van der Waals surface area contributed by atoms with Crippen LogP contribution in [0.1, 0.15) is 0 Å². The van der Waals surface area contributed by atoms with Crippen LogP contribution in [0.5, 0.6) is 0 Å². The molecule has 0 N–H and O–H groups in total. The molecule has 4 heteroatoms. The lowest BCUT2D eigenvalue weighted by atomic mass is 10.2. The van der Waals surface area contributed by atoms with Crippen molar-refractivity contribution in [2.75, 3.05) is 0 Å². The van der Waals surface area contributed by atoms with Gasteiger partial charge in [-0.05, 0) is 33.4 Å². The summed E-state index contributed by atoms with van der Waals surface area (Å²) < 4.78 is 14.4. The van der Waals surface area contributed by atoms with Crippen LogP contribution < -0.4 is 0 Å². The number of rotatable bonds is 0. The predicted molar refractivity (Wildman–Crippen MR) is 54.5 cm³/mol. The van der Waals surface area contributed by atoms with E-state index in [1.807, 2.05) is 11.4 Å². The first-order valence-electron chi connectivity index (χ1n) is 3.21. The molecule has 0 unspecified atom stereocenters. The van der Waals surface area contributed by atoms with Crippen molar-refractivity contribution in [1.29, 1.82) is 0 Å². The average molecular weight is 266 g/mol. The molecule has 0 saturated carbocycles. The molecule has 0 aliphatic carbocycles. The predicted octanol–water partition coefficient (Wildman–Crippen LogP) is 4.46. The van der Waals surface area contributed by atoms with Crippen molar-refractivity contribution in [3.63, 3.8) is 0 Å². The smallest absolute Gasteiger partial charge is 0.142 e. The molecular formula is C8H3BrClFS. The standard InChI is InChI=1S/C8H3BrClFS/c9-5-3-6(11)8-4(7(5)10)1-2-12-8/h1-3H. The second-order valence-electron chi connectivity index (χ2n) is 2.32. The fraction of sp³-hybridized carbons (Fsp3) is 0. The molecule has 0 spiro atoms. The van der Waals surface area contributed by atoms with Crippen LogP contribution in [0.15, 0.2) is 22.0 Å².